The maximum Gasteiger partial charge on any atom is 0.276 e. The Labute approximate surface area is 109 Å². The van der Waals surface area contributed by atoms with Crippen LogP contribution in [0.2, 0.25) is 5.15 Å². The van der Waals surface area contributed by atoms with Crippen molar-refractivity contribution in [2.45, 2.75) is 6.92 Å². The Bertz CT molecular complexity index is 600. The van der Waals surface area contributed by atoms with Crippen molar-refractivity contribution >= 4 is 28.9 Å². The third kappa shape index (κ3) is 2.57. The van der Waals surface area contributed by atoms with E-state index in [0.717, 1.165) is 5.56 Å². The second kappa shape index (κ2) is 5.01. The number of hydrogen-bond acceptors (Lipinski definition) is 4. The number of pyridine rings is 2. The molecular weight excluding hydrogens is 252 g/mol. The summed E-state index contributed by atoms with van der Waals surface area (Å²) >= 11 is 5.74. The number of nitrogens with zero attached hydrogens (tertiary/aromatic N) is 2. The number of amides is 1. The molecule has 1 amide bonds. The van der Waals surface area contributed by atoms with E-state index in [0.29, 0.717) is 16.5 Å². The zero-order valence-electron chi connectivity index (χ0n) is 9.64. The fourth-order valence-electron chi connectivity index (χ4n) is 1.44. The first-order chi connectivity index (χ1) is 8.58. The fourth-order valence-corrected chi connectivity index (χ4v) is 1.65. The van der Waals surface area contributed by atoms with E-state index < -0.39 is 0 Å². The number of nitrogen functional groups attached to an aromatic ring is 1. The second-order valence-electron chi connectivity index (χ2n) is 3.72. The van der Waals surface area contributed by atoms with Gasteiger partial charge in [-0.25, -0.2) is 9.97 Å². The van der Waals surface area contributed by atoms with Crippen LogP contribution in [0, 0.1) is 6.92 Å². The van der Waals surface area contributed by atoms with Crippen molar-refractivity contribution < 1.29 is 4.79 Å². The van der Waals surface area contributed by atoms with Gasteiger partial charge in [0.15, 0.2) is 5.69 Å². The van der Waals surface area contributed by atoms with Gasteiger partial charge < -0.3 is 11.1 Å². The predicted molar refractivity (Wildman–Crippen MR) is 70.6 cm³/mol. The maximum atomic E-state index is 12.0. The average Bonchev–Trinajstić information content (AvgIpc) is 2.33. The van der Waals surface area contributed by atoms with Crippen molar-refractivity contribution in [1.29, 1.82) is 0 Å². The number of carbonyl (C=O) groups is 1. The van der Waals surface area contributed by atoms with Crippen LogP contribution in [0.4, 0.5) is 11.4 Å². The zero-order valence-corrected chi connectivity index (χ0v) is 10.4. The Balaban J connectivity index is 2.24. The van der Waals surface area contributed by atoms with Crippen molar-refractivity contribution in [3.63, 3.8) is 0 Å². The molecule has 92 valence electrons. The van der Waals surface area contributed by atoms with Gasteiger partial charge in [-0.05, 0) is 30.7 Å². The van der Waals surface area contributed by atoms with Crippen LogP contribution in [0.25, 0.3) is 0 Å². The molecule has 0 bridgehead atoms. The maximum absolute atomic E-state index is 12.0. The largest absolute Gasteiger partial charge is 0.397 e. The van der Waals surface area contributed by atoms with E-state index in [2.05, 4.69) is 15.3 Å². The number of aromatic nitrogens is 2. The molecule has 2 aromatic rings. The zero-order chi connectivity index (χ0) is 13.1. The second-order valence-corrected chi connectivity index (χ2v) is 4.10. The summed E-state index contributed by atoms with van der Waals surface area (Å²) in [6, 6.07) is 4.95. The molecule has 0 saturated heterocycles. The van der Waals surface area contributed by atoms with Gasteiger partial charge in [0.25, 0.3) is 5.91 Å². The standard InChI is InChI=1S/C12H11ClN4O/c1-7-5-10(13)16-6-9(7)17-12(18)11-8(14)3-2-4-15-11/h2-6H,14H2,1H3,(H,17,18). The Morgan fingerprint density at radius 2 is 2.22 bits per heavy atom. The molecular formula is C12H11ClN4O. The summed E-state index contributed by atoms with van der Waals surface area (Å²) in [5, 5.41) is 3.07. The molecule has 2 rings (SSSR count). The molecule has 0 fully saturated rings. The van der Waals surface area contributed by atoms with E-state index in [4.69, 9.17) is 17.3 Å². The van der Waals surface area contributed by atoms with E-state index in [-0.39, 0.29) is 11.6 Å². The van der Waals surface area contributed by atoms with Crippen LogP contribution in [0.3, 0.4) is 0 Å². The molecule has 0 aliphatic carbocycles. The number of carbonyl (C=O) groups excluding carboxylic acids is 1. The highest BCUT2D eigenvalue weighted by molar-refractivity contribution is 6.29. The lowest BCUT2D eigenvalue weighted by Crippen LogP contribution is -2.16. The van der Waals surface area contributed by atoms with Gasteiger partial charge in [0, 0.05) is 6.20 Å². The Kier molecular flexibility index (Phi) is 3.43. The third-order valence-electron chi connectivity index (χ3n) is 2.38. The van der Waals surface area contributed by atoms with E-state index >= 15 is 0 Å². The van der Waals surface area contributed by atoms with Crippen LogP contribution in [0.15, 0.2) is 30.6 Å². The van der Waals surface area contributed by atoms with Gasteiger partial charge in [0.2, 0.25) is 0 Å². The summed E-state index contributed by atoms with van der Waals surface area (Å²) in [5.41, 5.74) is 7.59. The minimum atomic E-state index is -0.375. The number of aryl methyl sites for hydroxylation is 1. The molecule has 3 N–H and O–H groups in total. The van der Waals surface area contributed by atoms with Crippen molar-refractivity contribution in [2.24, 2.45) is 0 Å². The smallest absolute Gasteiger partial charge is 0.276 e. The van der Waals surface area contributed by atoms with Crippen molar-refractivity contribution in [1.82, 2.24) is 9.97 Å². The summed E-state index contributed by atoms with van der Waals surface area (Å²) in [6.07, 6.45) is 3.01. The molecule has 0 radical (unpaired) electrons. The van der Waals surface area contributed by atoms with Crippen molar-refractivity contribution in [2.75, 3.05) is 11.1 Å². The van der Waals surface area contributed by atoms with Gasteiger partial charge in [0.1, 0.15) is 5.15 Å². The molecule has 0 aromatic carbocycles. The summed E-state index contributed by atoms with van der Waals surface area (Å²) < 4.78 is 0. The van der Waals surface area contributed by atoms with Gasteiger partial charge in [-0.15, -0.1) is 0 Å². The average molecular weight is 263 g/mol. The number of hydrogen-bond donors (Lipinski definition) is 2. The first-order valence-corrected chi connectivity index (χ1v) is 5.59. The van der Waals surface area contributed by atoms with Crippen molar-refractivity contribution in [3.8, 4) is 0 Å². The molecule has 18 heavy (non-hydrogen) atoms. The van der Waals surface area contributed by atoms with Crippen molar-refractivity contribution in [3.05, 3.63) is 47.0 Å². The third-order valence-corrected chi connectivity index (χ3v) is 2.59. The minimum absolute atomic E-state index is 0.187. The van der Waals surface area contributed by atoms with Crippen LogP contribution < -0.4 is 11.1 Å². The van der Waals surface area contributed by atoms with Gasteiger partial charge in [-0.3, -0.25) is 4.79 Å². The molecule has 2 heterocycles. The molecule has 0 aliphatic heterocycles. The molecule has 0 spiro atoms. The highest BCUT2D eigenvalue weighted by atomic mass is 35.5. The molecule has 2 aromatic heterocycles. The van der Waals surface area contributed by atoms with Crippen LogP contribution in [-0.2, 0) is 0 Å². The lowest BCUT2D eigenvalue weighted by Gasteiger charge is -2.08. The molecule has 6 heteroatoms. The molecule has 0 unspecified atom stereocenters. The highest BCUT2D eigenvalue weighted by Crippen LogP contribution is 2.18. The Morgan fingerprint density at radius 3 is 2.89 bits per heavy atom. The lowest BCUT2D eigenvalue weighted by molar-refractivity contribution is 0.102. The molecule has 0 atom stereocenters. The normalized spacial score (nSPS) is 10.1. The molecule has 0 saturated carbocycles. The lowest BCUT2D eigenvalue weighted by atomic mass is 10.2. The van der Waals surface area contributed by atoms with E-state index in [9.17, 15) is 4.79 Å². The Morgan fingerprint density at radius 1 is 1.44 bits per heavy atom. The molecule has 5 nitrogen and oxygen atoms in total. The highest BCUT2D eigenvalue weighted by Gasteiger charge is 2.12. The Hall–Kier alpha value is -2.14. The first kappa shape index (κ1) is 12.3. The SMILES string of the molecule is Cc1cc(Cl)ncc1NC(=O)c1ncccc1N. The van der Waals surface area contributed by atoms with Crippen LogP contribution in [-0.4, -0.2) is 15.9 Å². The van der Waals surface area contributed by atoms with E-state index in [1.165, 1.54) is 12.4 Å². The van der Waals surface area contributed by atoms with E-state index in [1.807, 2.05) is 6.92 Å². The topological polar surface area (TPSA) is 80.9 Å². The summed E-state index contributed by atoms with van der Waals surface area (Å²) in [7, 11) is 0. The summed E-state index contributed by atoms with van der Waals surface area (Å²) in [5.74, 6) is -0.375. The number of rotatable bonds is 2. The number of halogens is 1. The monoisotopic (exact) mass is 262 g/mol. The predicted octanol–water partition coefficient (Wildman–Crippen LogP) is 2.27. The van der Waals surface area contributed by atoms with Gasteiger partial charge in [-0.1, -0.05) is 11.6 Å². The fraction of sp³-hybridized carbons (Fsp3) is 0.0833. The van der Waals surface area contributed by atoms with E-state index in [1.54, 1.807) is 18.2 Å². The quantitative estimate of drug-likeness (QED) is 0.814. The van der Waals surface area contributed by atoms with Crippen LogP contribution in [0.1, 0.15) is 16.1 Å². The van der Waals surface area contributed by atoms with Gasteiger partial charge in [-0.2, -0.15) is 0 Å². The van der Waals surface area contributed by atoms with Crippen LogP contribution in [0.5, 0.6) is 0 Å². The number of anilines is 2. The van der Waals surface area contributed by atoms with Gasteiger partial charge >= 0.3 is 0 Å². The van der Waals surface area contributed by atoms with Gasteiger partial charge in [0.05, 0.1) is 17.6 Å². The number of nitrogens with two attached hydrogens (primary N) is 1. The first-order valence-electron chi connectivity index (χ1n) is 5.22. The molecule has 0 aliphatic rings. The number of nitrogens with one attached hydrogen (secondary N) is 1. The minimum Gasteiger partial charge on any atom is -0.397 e. The summed E-state index contributed by atoms with van der Waals surface area (Å²) in [6.45, 7) is 1.82. The summed E-state index contributed by atoms with van der Waals surface area (Å²) in [4.78, 5) is 19.8. The van der Waals surface area contributed by atoms with Crippen LogP contribution >= 0.6 is 11.6 Å².